The molecular weight excluding hydrogens is 330 g/mol. The van der Waals surface area contributed by atoms with Gasteiger partial charge in [0.1, 0.15) is 4.21 Å². The molecule has 0 N–H and O–H groups in total. The molecule has 9 heteroatoms. The maximum Gasteiger partial charge on any atom is 0.252 e. The standard InChI is InChI=1S/C10H14ClNO4S3/c1-8-7-18(13,14)3-2-12(8)19(15,16)10-4-9(5-11)6-17-10/h4,6,8H,2-3,5,7H2,1H3. The van der Waals surface area contributed by atoms with Crippen LogP contribution in [0.25, 0.3) is 0 Å². The van der Waals surface area contributed by atoms with Crippen molar-refractivity contribution in [2.45, 2.75) is 23.1 Å². The Morgan fingerprint density at radius 3 is 2.74 bits per heavy atom. The molecular formula is C10H14ClNO4S3. The van der Waals surface area contributed by atoms with Crippen molar-refractivity contribution in [2.75, 3.05) is 18.1 Å². The van der Waals surface area contributed by atoms with Gasteiger partial charge in [0, 0.05) is 18.5 Å². The summed E-state index contributed by atoms with van der Waals surface area (Å²) in [6.07, 6.45) is 0. The highest BCUT2D eigenvalue weighted by Crippen LogP contribution is 2.27. The minimum Gasteiger partial charge on any atom is -0.229 e. The summed E-state index contributed by atoms with van der Waals surface area (Å²) in [5, 5.41) is 1.70. The maximum atomic E-state index is 12.4. The Morgan fingerprint density at radius 2 is 2.21 bits per heavy atom. The monoisotopic (exact) mass is 343 g/mol. The third-order valence-electron chi connectivity index (χ3n) is 2.96. The average Bonchev–Trinajstić information content (AvgIpc) is 2.76. The molecule has 1 unspecified atom stereocenters. The number of nitrogens with zero attached hydrogens (tertiary/aromatic N) is 1. The predicted octanol–water partition coefficient (Wildman–Crippen LogP) is 1.29. The molecule has 2 heterocycles. The lowest BCUT2D eigenvalue weighted by atomic mass is 10.4. The summed E-state index contributed by atoms with van der Waals surface area (Å²) in [5.41, 5.74) is 0.752. The van der Waals surface area contributed by atoms with E-state index in [2.05, 4.69) is 0 Å². The van der Waals surface area contributed by atoms with Crippen molar-refractivity contribution in [3.8, 4) is 0 Å². The number of thiophene rings is 1. The first-order valence-electron chi connectivity index (χ1n) is 5.62. The maximum absolute atomic E-state index is 12.4. The lowest BCUT2D eigenvalue weighted by Gasteiger charge is -2.31. The number of sulfonamides is 1. The van der Waals surface area contributed by atoms with Crippen molar-refractivity contribution in [1.29, 1.82) is 0 Å². The second-order valence-corrected chi connectivity index (χ2v) is 10.0. The summed E-state index contributed by atoms with van der Waals surface area (Å²) >= 11 is 6.77. The largest absolute Gasteiger partial charge is 0.252 e. The molecule has 19 heavy (non-hydrogen) atoms. The number of rotatable bonds is 3. The molecule has 1 saturated heterocycles. The minimum atomic E-state index is -3.62. The van der Waals surface area contributed by atoms with Gasteiger partial charge in [-0.05, 0) is 23.9 Å². The third kappa shape index (κ3) is 3.13. The van der Waals surface area contributed by atoms with Crippen LogP contribution in [0.4, 0.5) is 0 Å². The Bertz CT molecular complexity index is 665. The smallest absolute Gasteiger partial charge is 0.229 e. The fourth-order valence-corrected chi connectivity index (χ4v) is 6.99. The molecule has 0 bridgehead atoms. The molecule has 1 aliphatic rings. The van der Waals surface area contributed by atoms with Gasteiger partial charge in [-0.15, -0.1) is 22.9 Å². The molecule has 0 aromatic carbocycles. The second-order valence-electron chi connectivity index (χ2n) is 4.49. The minimum absolute atomic E-state index is 0.0138. The summed E-state index contributed by atoms with van der Waals surface area (Å²) in [7, 11) is -6.75. The van der Waals surface area contributed by atoms with Crippen molar-refractivity contribution in [3.63, 3.8) is 0 Å². The van der Waals surface area contributed by atoms with Gasteiger partial charge in [0.05, 0.1) is 11.5 Å². The summed E-state index contributed by atoms with van der Waals surface area (Å²) in [6.45, 7) is 1.63. The quantitative estimate of drug-likeness (QED) is 0.775. The Kier molecular flexibility index (Phi) is 4.27. The Morgan fingerprint density at radius 1 is 1.53 bits per heavy atom. The zero-order chi connectivity index (χ0) is 14.3. The van der Waals surface area contributed by atoms with E-state index in [0.29, 0.717) is 0 Å². The van der Waals surface area contributed by atoms with Crippen molar-refractivity contribution >= 4 is 42.8 Å². The molecule has 5 nitrogen and oxygen atoms in total. The lowest BCUT2D eigenvalue weighted by Crippen LogP contribution is -2.49. The Labute approximate surface area is 122 Å². The van der Waals surface area contributed by atoms with E-state index in [9.17, 15) is 16.8 Å². The van der Waals surface area contributed by atoms with Gasteiger partial charge in [0.25, 0.3) is 10.0 Å². The molecule has 0 aliphatic carbocycles. The Balaban J connectivity index is 2.30. The fraction of sp³-hybridized carbons (Fsp3) is 0.600. The van der Waals surface area contributed by atoms with Gasteiger partial charge >= 0.3 is 0 Å². The predicted molar refractivity (Wildman–Crippen MR) is 75.9 cm³/mol. The summed E-state index contributed by atoms with van der Waals surface area (Å²) < 4.78 is 49.3. The van der Waals surface area contributed by atoms with Crippen molar-refractivity contribution < 1.29 is 16.8 Å². The first-order chi connectivity index (χ1) is 8.76. The molecule has 0 spiro atoms. The van der Waals surface area contributed by atoms with Crippen LogP contribution in [0, 0.1) is 0 Å². The molecule has 108 valence electrons. The number of hydrogen-bond acceptors (Lipinski definition) is 5. The third-order valence-corrected chi connectivity index (χ3v) is 8.54. The van der Waals surface area contributed by atoms with Gasteiger partial charge in [0.15, 0.2) is 9.84 Å². The van der Waals surface area contributed by atoms with E-state index >= 15 is 0 Å². The second kappa shape index (κ2) is 5.33. The van der Waals surface area contributed by atoms with Gasteiger partial charge in [-0.1, -0.05) is 0 Å². The van der Waals surface area contributed by atoms with Crippen molar-refractivity contribution in [3.05, 3.63) is 17.0 Å². The van der Waals surface area contributed by atoms with E-state index in [1.807, 2.05) is 0 Å². The molecule has 0 amide bonds. The van der Waals surface area contributed by atoms with Crippen LogP contribution in [0.2, 0.25) is 0 Å². The zero-order valence-corrected chi connectivity index (χ0v) is 13.4. The van der Waals surface area contributed by atoms with Crippen LogP contribution in [0.3, 0.4) is 0 Å². The number of alkyl halides is 1. The molecule has 2 rings (SSSR count). The highest BCUT2D eigenvalue weighted by molar-refractivity contribution is 7.92. The highest BCUT2D eigenvalue weighted by atomic mass is 35.5. The van der Waals surface area contributed by atoms with Crippen LogP contribution in [-0.4, -0.2) is 45.2 Å². The van der Waals surface area contributed by atoms with Crippen LogP contribution in [0.5, 0.6) is 0 Å². The number of hydrogen-bond donors (Lipinski definition) is 0. The van der Waals surface area contributed by atoms with Crippen LogP contribution < -0.4 is 0 Å². The molecule has 1 atom stereocenters. The summed E-state index contributed by atoms with van der Waals surface area (Å²) in [5.74, 6) is 0.0141. The Hall–Kier alpha value is -0.150. The first-order valence-corrected chi connectivity index (χ1v) is 10.3. The molecule has 1 fully saturated rings. The van der Waals surface area contributed by atoms with Crippen LogP contribution in [0.1, 0.15) is 12.5 Å². The molecule has 0 radical (unpaired) electrons. The van der Waals surface area contributed by atoms with E-state index in [1.165, 1.54) is 4.31 Å². The summed E-state index contributed by atoms with van der Waals surface area (Å²) in [4.78, 5) is 0. The van der Waals surface area contributed by atoms with Gasteiger partial charge in [-0.25, -0.2) is 16.8 Å². The van der Waals surface area contributed by atoms with Gasteiger partial charge < -0.3 is 0 Å². The first kappa shape index (κ1) is 15.2. The van der Waals surface area contributed by atoms with E-state index in [-0.39, 0.29) is 28.1 Å². The number of halogens is 1. The number of sulfone groups is 1. The average molecular weight is 344 g/mol. The fourth-order valence-electron chi connectivity index (χ4n) is 2.01. The normalized spacial score (nSPS) is 24.4. The van der Waals surface area contributed by atoms with E-state index in [0.717, 1.165) is 16.9 Å². The van der Waals surface area contributed by atoms with Gasteiger partial charge in [0.2, 0.25) is 0 Å². The molecule has 1 aromatic rings. The van der Waals surface area contributed by atoms with Crippen LogP contribution >= 0.6 is 22.9 Å². The van der Waals surface area contributed by atoms with Crippen molar-refractivity contribution in [1.82, 2.24) is 4.31 Å². The molecule has 0 saturated carbocycles. The highest BCUT2D eigenvalue weighted by Gasteiger charge is 2.37. The summed E-state index contributed by atoms with van der Waals surface area (Å²) in [6, 6.07) is 1.01. The van der Waals surface area contributed by atoms with E-state index in [4.69, 9.17) is 11.6 Å². The lowest BCUT2D eigenvalue weighted by molar-refractivity contribution is 0.357. The van der Waals surface area contributed by atoms with Crippen LogP contribution in [0.15, 0.2) is 15.7 Å². The van der Waals surface area contributed by atoms with Crippen molar-refractivity contribution in [2.24, 2.45) is 0 Å². The van der Waals surface area contributed by atoms with Gasteiger partial charge in [-0.2, -0.15) is 4.31 Å². The van der Waals surface area contributed by atoms with Crippen LogP contribution in [-0.2, 0) is 25.7 Å². The SMILES string of the molecule is CC1CS(=O)(=O)CCN1S(=O)(=O)c1cc(CCl)cs1. The molecule has 1 aliphatic heterocycles. The molecule has 1 aromatic heterocycles. The van der Waals surface area contributed by atoms with E-state index in [1.54, 1.807) is 18.4 Å². The van der Waals surface area contributed by atoms with Gasteiger partial charge in [-0.3, -0.25) is 0 Å². The van der Waals surface area contributed by atoms with E-state index < -0.39 is 25.9 Å². The zero-order valence-electron chi connectivity index (χ0n) is 10.2. The topological polar surface area (TPSA) is 71.5 Å².